The Balaban J connectivity index is 1.43. The first-order chi connectivity index (χ1) is 18.3. The molecule has 1 aliphatic carbocycles. The number of aliphatic carboxylic acids is 1. The van der Waals surface area contributed by atoms with Gasteiger partial charge in [0.1, 0.15) is 11.9 Å². The zero-order valence-electron chi connectivity index (χ0n) is 22.7. The largest absolute Gasteiger partial charge is 0.485 e. The molecule has 1 aliphatic heterocycles. The highest BCUT2D eigenvalue weighted by atomic mass is 16.5. The molecule has 0 saturated heterocycles. The lowest BCUT2D eigenvalue weighted by Gasteiger charge is -2.29. The number of hydrogen-bond acceptors (Lipinski definition) is 5. The molecule has 0 spiro atoms. The van der Waals surface area contributed by atoms with Crippen molar-refractivity contribution in [2.75, 3.05) is 7.11 Å². The summed E-state index contributed by atoms with van der Waals surface area (Å²) < 4.78 is 12.0. The average Bonchev–Trinajstić information content (AvgIpc) is 3.76. The van der Waals surface area contributed by atoms with Gasteiger partial charge in [-0.3, -0.25) is 4.79 Å². The Hall–Kier alpha value is -3.38. The van der Waals surface area contributed by atoms with E-state index in [1.54, 1.807) is 13.3 Å². The molecule has 6 heteroatoms. The number of nitrogens with one attached hydrogen (secondary N) is 1. The molecule has 38 heavy (non-hydrogen) atoms. The van der Waals surface area contributed by atoms with Crippen molar-refractivity contribution in [3.63, 3.8) is 0 Å². The van der Waals surface area contributed by atoms with E-state index in [1.807, 2.05) is 19.1 Å². The molecular weight excluding hydrogens is 476 g/mol. The molecule has 0 amide bonds. The Kier molecular flexibility index (Phi) is 7.70. The van der Waals surface area contributed by atoms with Crippen molar-refractivity contribution in [1.29, 1.82) is 0 Å². The fraction of sp³-hybridized carbons (Fsp3) is 0.438. The second kappa shape index (κ2) is 11.2. The molecule has 2 N–H and O–H groups in total. The molecule has 1 unspecified atom stereocenters. The van der Waals surface area contributed by atoms with Crippen LogP contribution in [0.1, 0.15) is 74.3 Å². The summed E-state index contributed by atoms with van der Waals surface area (Å²) in [5, 5.41) is 13.3. The van der Waals surface area contributed by atoms with Gasteiger partial charge in [-0.15, -0.1) is 0 Å². The number of carboxylic acids is 1. The number of hydrogen-bond donors (Lipinski definition) is 2. The molecule has 3 atom stereocenters. The molecule has 2 aliphatic rings. The van der Waals surface area contributed by atoms with Gasteiger partial charge < -0.3 is 19.9 Å². The first kappa shape index (κ1) is 26.2. The van der Waals surface area contributed by atoms with Crippen LogP contribution in [0.3, 0.4) is 0 Å². The number of carbonyl (C=O) groups is 1. The third kappa shape index (κ3) is 5.70. The molecule has 6 nitrogen and oxygen atoms in total. The molecule has 1 fully saturated rings. The van der Waals surface area contributed by atoms with E-state index >= 15 is 0 Å². The Bertz CT molecular complexity index is 1300. The van der Waals surface area contributed by atoms with Crippen LogP contribution in [0.25, 0.3) is 11.1 Å². The summed E-state index contributed by atoms with van der Waals surface area (Å²) in [5.41, 5.74) is 6.87. The number of aromatic nitrogens is 1. The number of nitrogens with zero attached hydrogens (tertiary/aromatic N) is 1. The molecule has 2 heterocycles. The summed E-state index contributed by atoms with van der Waals surface area (Å²) in [6.45, 7) is 6.88. The first-order valence-corrected chi connectivity index (χ1v) is 13.7. The topological polar surface area (TPSA) is 80.7 Å². The van der Waals surface area contributed by atoms with Crippen LogP contribution in [0.4, 0.5) is 0 Å². The number of methoxy groups -OCH3 is 1. The molecule has 1 saturated carbocycles. The minimum atomic E-state index is -0.729. The highest BCUT2D eigenvalue weighted by Crippen LogP contribution is 2.48. The predicted molar refractivity (Wildman–Crippen MR) is 149 cm³/mol. The predicted octanol–water partition coefficient (Wildman–Crippen LogP) is 6.54. The quantitative estimate of drug-likeness (QED) is 0.320. The smallest absolute Gasteiger partial charge is 0.306 e. The van der Waals surface area contributed by atoms with Gasteiger partial charge in [0.15, 0.2) is 0 Å². The van der Waals surface area contributed by atoms with Gasteiger partial charge in [0.05, 0.1) is 13.0 Å². The van der Waals surface area contributed by atoms with Gasteiger partial charge in [-0.2, -0.15) is 0 Å². The fourth-order valence-corrected chi connectivity index (χ4v) is 5.65. The molecule has 5 rings (SSSR count). The van der Waals surface area contributed by atoms with Gasteiger partial charge >= 0.3 is 5.97 Å². The van der Waals surface area contributed by atoms with Gasteiger partial charge in [0.25, 0.3) is 0 Å². The van der Waals surface area contributed by atoms with Crippen molar-refractivity contribution in [2.45, 2.75) is 71.1 Å². The van der Waals surface area contributed by atoms with E-state index in [2.05, 4.69) is 60.5 Å². The number of pyridine rings is 1. The SMILES string of the molecule is COc1cc(-c2ccc([C@@H]3CCc4ccc(C(C5CC5)[C@H](C)C(=O)O)cc4O3)cc2CNC(C)C)ccn1. The maximum atomic E-state index is 11.8. The summed E-state index contributed by atoms with van der Waals surface area (Å²) >= 11 is 0. The van der Waals surface area contributed by atoms with Gasteiger partial charge in [-0.05, 0) is 83.0 Å². The van der Waals surface area contributed by atoms with E-state index in [4.69, 9.17) is 9.47 Å². The van der Waals surface area contributed by atoms with Crippen LogP contribution in [0, 0.1) is 11.8 Å². The van der Waals surface area contributed by atoms with Crippen LogP contribution < -0.4 is 14.8 Å². The van der Waals surface area contributed by atoms with E-state index in [9.17, 15) is 9.90 Å². The van der Waals surface area contributed by atoms with Crippen LogP contribution in [0.2, 0.25) is 0 Å². The third-order valence-corrected chi connectivity index (χ3v) is 7.94. The number of carboxylic acid groups (broad SMARTS) is 1. The lowest BCUT2D eigenvalue weighted by atomic mass is 9.82. The molecule has 0 radical (unpaired) electrons. The van der Waals surface area contributed by atoms with Crippen LogP contribution >= 0.6 is 0 Å². The Labute approximate surface area is 225 Å². The maximum Gasteiger partial charge on any atom is 0.306 e. The van der Waals surface area contributed by atoms with Gasteiger partial charge in [-0.1, -0.05) is 51.1 Å². The third-order valence-electron chi connectivity index (χ3n) is 7.94. The maximum absolute atomic E-state index is 11.8. The van der Waals surface area contributed by atoms with E-state index in [1.165, 1.54) is 11.1 Å². The van der Waals surface area contributed by atoms with Gasteiger partial charge in [0, 0.05) is 24.8 Å². The summed E-state index contributed by atoms with van der Waals surface area (Å²) in [4.78, 5) is 16.1. The summed E-state index contributed by atoms with van der Waals surface area (Å²) in [5.74, 6) is 0.843. The van der Waals surface area contributed by atoms with E-state index in [0.717, 1.165) is 60.2 Å². The van der Waals surface area contributed by atoms with Crippen LogP contribution in [0.15, 0.2) is 54.7 Å². The minimum absolute atomic E-state index is 0.0344. The van der Waals surface area contributed by atoms with Crippen LogP contribution in [0.5, 0.6) is 11.6 Å². The number of ether oxygens (including phenoxy) is 2. The summed E-state index contributed by atoms with van der Waals surface area (Å²) in [6.07, 6.45) is 5.78. The van der Waals surface area contributed by atoms with Crippen molar-refractivity contribution in [2.24, 2.45) is 11.8 Å². The highest BCUT2D eigenvalue weighted by Gasteiger charge is 2.39. The molecular formula is C32H38N2O4. The monoisotopic (exact) mass is 514 g/mol. The number of benzene rings is 2. The Morgan fingerprint density at radius 3 is 2.63 bits per heavy atom. The van der Waals surface area contributed by atoms with Gasteiger partial charge in [0.2, 0.25) is 5.88 Å². The number of fused-ring (bicyclic) bond motifs is 1. The van der Waals surface area contributed by atoms with Crippen molar-refractivity contribution in [3.05, 3.63) is 77.0 Å². The highest BCUT2D eigenvalue weighted by molar-refractivity contribution is 5.71. The zero-order chi connectivity index (χ0) is 26.8. The minimum Gasteiger partial charge on any atom is -0.485 e. The van der Waals surface area contributed by atoms with E-state index in [0.29, 0.717) is 17.8 Å². The van der Waals surface area contributed by atoms with Crippen LogP contribution in [-0.4, -0.2) is 29.2 Å². The summed E-state index contributed by atoms with van der Waals surface area (Å²) in [6, 6.07) is 17.3. The Morgan fingerprint density at radius 2 is 1.92 bits per heavy atom. The van der Waals surface area contributed by atoms with Crippen molar-refractivity contribution in [1.82, 2.24) is 10.3 Å². The van der Waals surface area contributed by atoms with Gasteiger partial charge in [-0.25, -0.2) is 4.98 Å². The van der Waals surface area contributed by atoms with Crippen molar-refractivity contribution in [3.8, 4) is 22.8 Å². The number of rotatable bonds is 10. The normalized spacial score (nSPS) is 18.4. The molecule has 200 valence electrons. The second-order valence-corrected chi connectivity index (χ2v) is 11.0. The fourth-order valence-electron chi connectivity index (χ4n) is 5.65. The lowest BCUT2D eigenvalue weighted by molar-refractivity contribution is -0.142. The Morgan fingerprint density at radius 1 is 1.11 bits per heavy atom. The van der Waals surface area contributed by atoms with E-state index in [-0.39, 0.29) is 12.0 Å². The van der Waals surface area contributed by atoms with Crippen molar-refractivity contribution < 1.29 is 19.4 Å². The lowest BCUT2D eigenvalue weighted by Crippen LogP contribution is -2.23. The standard InChI is InChI=1S/C32H38N2O4/c1-19(2)34-18-26-15-24(9-11-27(26)23-13-14-33-30(17-23)37-4)28-12-10-21-5-8-25(16-29(21)38-28)31(22-6-7-22)20(3)32(35)36/h5,8-9,11,13-17,19-20,22,28,31,34H,6-7,10,12,18H2,1-4H3,(H,35,36)/t20-,28-,31?/m0/s1. The summed E-state index contributed by atoms with van der Waals surface area (Å²) in [7, 11) is 1.63. The van der Waals surface area contributed by atoms with E-state index < -0.39 is 11.9 Å². The van der Waals surface area contributed by atoms with Crippen LogP contribution in [-0.2, 0) is 17.8 Å². The molecule has 0 bridgehead atoms. The molecule has 2 aromatic carbocycles. The molecule has 1 aromatic heterocycles. The zero-order valence-corrected chi connectivity index (χ0v) is 22.7. The molecule has 3 aromatic rings. The average molecular weight is 515 g/mol. The van der Waals surface area contributed by atoms with Crippen molar-refractivity contribution >= 4 is 5.97 Å². The second-order valence-electron chi connectivity index (χ2n) is 11.0. The number of aryl methyl sites for hydroxylation is 1. The first-order valence-electron chi connectivity index (χ1n) is 13.7.